The van der Waals surface area contributed by atoms with Gasteiger partial charge in [0.15, 0.2) is 11.6 Å². The van der Waals surface area contributed by atoms with Crippen LogP contribution in [0.1, 0.15) is 20.7 Å². The highest BCUT2D eigenvalue weighted by molar-refractivity contribution is 6.20. The van der Waals surface area contributed by atoms with Gasteiger partial charge in [0.1, 0.15) is 0 Å². The molecule has 0 saturated carbocycles. The number of imide groups is 1. The molecule has 2 amide bonds. The lowest BCUT2D eigenvalue weighted by molar-refractivity contribution is -0.0327. The number of amides is 2. The molecule has 14 heavy (non-hydrogen) atoms. The first-order chi connectivity index (χ1) is 6.52. The molecule has 6 heteroatoms. The van der Waals surface area contributed by atoms with E-state index in [1.54, 1.807) is 0 Å². The molecule has 0 atom stereocenters. The zero-order chi connectivity index (χ0) is 10.5. The summed E-state index contributed by atoms with van der Waals surface area (Å²) in [6.07, 6.45) is 0. The van der Waals surface area contributed by atoms with Crippen LogP contribution < -0.4 is 0 Å². The first-order valence-electron chi connectivity index (χ1n) is 3.59. The lowest BCUT2D eigenvalue weighted by Crippen LogP contribution is -2.25. The van der Waals surface area contributed by atoms with Crippen molar-refractivity contribution in [1.29, 1.82) is 0 Å². The number of hydroxylamine groups is 2. The third kappa shape index (κ3) is 0.942. The van der Waals surface area contributed by atoms with Crippen LogP contribution in [-0.2, 0) is 0 Å². The minimum atomic E-state index is -1.24. The maximum Gasteiger partial charge on any atom is 0.285 e. The summed E-state index contributed by atoms with van der Waals surface area (Å²) in [5.74, 6) is -4.58. The molecular weight excluding hydrogens is 196 g/mol. The van der Waals surface area contributed by atoms with Crippen molar-refractivity contribution in [1.82, 2.24) is 5.06 Å². The third-order valence-corrected chi connectivity index (χ3v) is 1.91. The number of rotatable bonds is 0. The van der Waals surface area contributed by atoms with Crippen molar-refractivity contribution in [2.45, 2.75) is 0 Å². The van der Waals surface area contributed by atoms with Gasteiger partial charge in [0.05, 0.1) is 11.1 Å². The minimum Gasteiger partial charge on any atom is -0.278 e. The van der Waals surface area contributed by atoms with Crippen molar-refractivity contribution in [3.05, 3.63) is 34.9 Å². The van der Waals surface area contributed by atoms with Gasteiger partial charge < -0.3 is 0 Å². The molecule has 0 radical (unpaired) electrons. The molecule has 2 rings (SSSR count). The highest BCUT2D eigenvalue weighted by Gasteiger charge is 2.36. The van der Waals surface area contributed by atoms with Crippen LogP contribution in [-0.4, -0.2) is 22.1 Å². The van der Waals surface area contributed by atoms with Crippen molar-refractivity contribution in [2.75, 3.05) is 0 Å². The Morgan fingerprint density at radius 2 is 1.36 bits per heavy atom. The van der Waals surface area contributed by atoms with Gasteiger partial charge in [0.2, 0.25) is 0 Å². The minimum absolute atomic E-state index is 0.177. The van der Waals surface area contributed by atoms with Gasteiger partial charge in [-0.05, 0) is 12.1 Å². The molecule has 0 aromatic heterocycles. The van der Waals surface area contributed by atoms with E-state index in [4.69, 9.17) is 5.21 Å². The Morgan fingerprint density at radius 1 is 1.00 bits per heavy atom. The van der Waals surface area contributed by atoms with E-state index >= 15 is 0 Å². The Hall–Kier alpha value is -1.82. The molecule has 0 spiro atoms. The Morgan fingerprint density at radius 3 is 1.71 bits per heavy atom. The van der Waals surface area contributed by atoms with E-state index in [0.29, 0.717) is 12.1 Å². The van der Waals surface area contributed by atoms with E-state index in [1.807, 2.05) is 0 Å². The SMILES string of the molecule is O=C1c2cc(F)c(F)cc2C(=O)N1O. The van der Waals surface area contributed by atoms with Crippen molar-refractivity contribution in [2.24, 2.45) is 0 Å². The number of hydrogen-bond acceptors (Lipinski definition) is 3. The molecule has 0 unspecified atom stereocenters. The predicted octanol–water partition coefficient (Wildman–Crippen LogP) is 0.950. The van der Waals surface area contributed by atoms with E-state index in [1.165, 1.54) is 0 Å². The van der Waals surface area contributed by atoms with Crippen molar-refractivity contribution >= 4 is 11.8 Å². The van der Waals surface area contributed by atoms with Crippen LogP contribution in [0.4, 0.5) is 8.78 Å². The van der Waals surface area contributed by atoms with E-state index < -0.39 is 23.4 Å². The zero-order valence-corrected chi connectivity index (χ0v) is 6.62. The normalized spacial score (nSPS) is 14.9. The third-order valence-electron chi connectivity index (χ3n) is 1.91. The fourth-order valence-corrected chi connectivity index (χ4v) is 1.22. The fourth-order valence-electron chi connectivity index (χ4n) is 1.22. The molecule has 1 aromatic rings. The van der Waals surface area contributed by atoms with Gasteiger partial charge in [0.25, 0.3) is 11.8 Å². The van der Waals surface area contributed by atoms with Crippen molar-refractivity contribution in [3.63, 3.8) is 0 Å². The second-order valence-electron chi connectivity index (χ2n) is 2.73. The van der Waals surface area contributed by atoms with Crippen LogP contribution in [0.3, 0.4) is 0 Å². The van der Waals surface area contributed by atoms with Crippen LogP contribution in [0.25, 0.3) is 0 Å². The Kier molecular flexibility index (Phi) is 1.62. The first-order valence-corrected chi connectivity index (χ1v) is 3.59. The summed E-state index contributed by atoms with van der Waals surface area (Å²) in [6, 6.07) is 1.17. The van der Waals surface area contributed by atoms with E-state index in [0.717, 1.165) is 0 Å². The predicted molar refractivity (Wildman–Crippen MR) is 38.6 cm³/mol. The maximum absolute atomic E-state index is 12.7. The summed E-state index contributed by atoms with van der Waals surface area (Å²) >= 11 is 0. The summed E-state index contributed by atoms with van der Waals surface area (Å²) in [5, 5.41) is 8.68. The molecule has 1 aliphatic rings. The van der Waals surface area contributed by atoms with Gasteiger partial charge in [-0.25, -0.2) is 8.78 Å². The van der Waals surface area contributed by atoms with Crippen LogP contribution in [0.2, 0.25) is 0 Å². The number of carbonyl (C=O) groups excluding carboxylic acids is 2. The van der Waals surface area contributed by atoms with Crippen molar-refractivity contribution in [3.8, 4) is 0 Å². The average Bonchev–Trinajstić information content (AvgIpc) is 2.34. The molecule has 1 aliphatic heterocycles. The van der Waals surface area contributed by atoms with Crippen LogP contribution in [0.15, 0.2) is 12.1 Å². The summed E-state index contributed by atoms with van der Waals surface area (Å²) in [7, 11) is 0. The number of fused-ring (bicyclic) bond motifs is 1. The smallest absolute Gasteiger partial charge is 0.278 e. The molecule has 0 aliphatic carbocycles. The van der Waals surface area contributed by atoms with E-state index in [-0.39, 0.29) is 16.2 Å². The largest absolute Gasteiger partial charge is 0.285 e. The first kappa shape index (κ1) is 8.76. The number of hydrogen-bond donors (Lipinski definition) is 1. The summed E-state index contributed by atoms with van der Waals surface area (Å²) in [5.41, 5.74) is -0.673. The Bertz CT molecular complexity index is 417. The zero-order valence-electron chi connectivity index (χ0n) is 6.62. The monoisotopic (exact) mass is 199 g/mol. The summed E-state index contributed by atoms with van der Waals surface area (Å²) in [4.78, 5) is 22.1. The molecule has 72 valence electrons. The van der Waals surface area contributed by atoms with E-state index in [2.05, 4.69) is 0 Å². The quantitative estimate of drug-likeness (QED) is 0.499. The average molecular weight is 199 g/mol. The second kappa shape index (κ2) is 2.58. The molecule has 1 aromatic carbocycles. The molecule has 0 fully saturated rings. The standard InChI is InChI=1S/C8H3F2NO3/c9-5-1-3-4(2-6(5)10)8(13)11(14)7(3)12/h1-2,14H. The van der Waals surface area contributed by atoms with E-state index in [9.17, 15) is 18.4 Å². The van der Waals surface area contributed by atoms with Gasteiger partial charge in [-0.15, -0.1) is 5.06 Å². The lowest BCUT2D eigenvalue weighted by Gasteiger charge is -1.99. The van der Waals surface area contributed by atoms with Gasteiger partial charge in [0, 0.05) is 0 Å². The van der Waals surface area contributed by atoms with Crippen LogP contribution in [0.5, 0.6) is 0 Å². The molecule has 4 nitrogen and oxygen atoms in total. The molecule has 0 saturated heterocycles. The van der Waals surface area contributed by atoms with Crippen LogP contribution >= 0.6 is 0 Å². The maximum atomic E-state index is 12.7. The van der Waals surface area contributed by atoms with Gasteiger partial charge in [-0.2, -0.15) is 0 Å². The topological polar surface area (TPSA) is 57.6 Å². The van der Waals surface area contributed by atoms with Gasteiger partial charge >= 0.3 is 0 Å². The second-order valence-corrected chi connectivity index (χ2v) is 2.73. The Labute approximate surface area is 76.3 Å². The molecule has 1 heterocycles. The number of nitrogens with zero attached hydrogens (tertiary/aromatic N) is 1. The Balaban J connectivity index is 2.71. The van der Waals surface area contributed by atoms with Crippen molar-refractivity contribution < 1.29 is 23.6 Å². The number of carbonyl (C=O) groups is 2. The molecule has 1 N–H and O–H groups in total. The fraction of sp³-hybridized carbons (Fsp3) is 0. The number of halogens is 2. The van der Waals surface area contributed by atoms with Gasteiger partial charge in [-0.3, -0.25) is 14.8 Å². The summed E-state index contributed by atoms with van der Waals surface area (Å²) < 4.78 is 25.3. The molecular formula is C8H3F2NO3. The van der Waals surface area contributed by atoms with Crippen LogP contribution in [0, 0.1) is 11.6 Å². The number of benzene rings is 1. The summed E-state index contributed by atoms with van der Waals surface area (Å²) in [6.45, 7) is 0. The highest BCUT2D eigenvalue weighted by Crippen LogP contribution is 2.23. The highest BCUT2D eigenvalue weighted by atomic mass is 19.2. The molecule has 0 bridgehead atoms. The lowest BCUT2D eigenvalue weighted by atomic mass is 10.1. The van der Waals surface area contributed by atoms with Gasteiger partial charge in [-0.1, -0.05) is 0 Å².